The first-order valence-electron chi connectivity index (χ1n) is 13.3. The minimum Gasteiger partial charge on any atom is -0.464 e. The monoisotopic (exact) mass is 472 g/mol. The summed E-state index contributed by atoms with van der Waals surface area (Å²) in [6.07, 6.45) is 5.42. The van der Waals surface area contributed by atoms with Crippen LogP contribution in [0.15, 0.2) is 30.3 Å². The predicted molar refractivity (Wildman–Crippen MR) is 139 cm³/mol. The van der Waals surface area contributed by atoms with Crippen molar-refractivity contribution in [1.29, 1.82) is 0 Å². The summed E-state index contributed by atoms with van der Waals surface area (Å²) < 4.78 is 5.87. The number of hydrogen-bond donors (Lipinski definition) is 2. The minimum atomic E-state index is -0.706. The lowest BCUT2D eigenvalue weighted by Gasteiger charge is -2.37. The molecule has 0 saturated carbocycles. The Balaban J connectivity index is 2.33. The van der Waals surface area contributed by atoms with E-state index in [4.69, 9.17) is 10.5 Å². The Morgan fingerprint density at radius 3 is 2.15 bits per heavy atom. The van der Waals surface area contributed by atoms with Crippen LogP contribution in [0.5, 0.6) is 0 Å². The van der Waals surface area contributed by atoms with Gasteiger partial charge < -0.3 is 15.8 Å². The molecule has 0 spiro atoms. The average molecular weight is 473 g/mol. The van der Waals surface area contributed by atoms with Crippen molar-refractivity contribution in [2.45, 2.75) is 86.1 Å². The maximum absolute atomic E-state index is 13.5. The van der Waals surface area contributed by atoms with Gasteiger partial charge in [0.1, 0.15) is 6.04 Å². The maximum Gasteiger partial charge on any atom is 0.329 e. The van der Waals surface area contributed by atoms with E-state index in [-0.39, 0.29) is 23.7 Å². The highest BCUT2D eigenvalue weighted by Gasteiger charge is 2.41. The summed E-state index contributed by atoms with van der Waals surface area (Å²) in [5.41, 5.74) is 6.74. The first-order chi connectivity index (χ1) is 16.1. The van der Waals surface area contributed by atoms with Crippen LogP contribution in [0.1, 0.15) is 79.2 Å². The van der Waals surface area contributed by atoms with Gasteiger partial charge in [0.2, 0.25) is 5.91 Å². The molecule has 7 atom stereocenters. The van der Waals surface area contributed by atoms with Gasteiger partial charge in [-0.1, -0.05) is 71.9 Å². The minimum absolute atomic E-state index is 0.0622. The molecular weight excluding hydrogens is 424 g/mol. The fourth-order valence-electron chi connectivity index (χ4n) is 5.75. The Morgan fingerprint density at radius 2 is 1.56 bits per heavy atom. The molecule has 3 N–H and O–H groups in total. The molecule has 1 heterocycles. The number of esters is 1. The van der Waals surface area contributed by atoms with Gasteiger partial charge in [0.25, 0.3) is 0 Å². The molecule has 1 saturated heterocycles. The van der Waals surface area contributed by atoms with Crippen LogP contribution in [-0.4, -0.2) is 31.1 Å². The highest BCUT2D eigenvalue weighted by atomic mass is 16.5. The summed E-state index contributed by atoms with van der Waals surface area (Å²) in [5, 5.41) is 3.13. The number of ether oxygens (including phenoxy) is 1. The van der Waals surface area contributed by atoms with Gasteiger partial charge in [0, 0.05) is 17.3 Å². The lowest BCUT2D eigenvalue weighted by Crippen LogP contribution is -2.54. The molecule has 192 valence electrons. The first kappa shape index (κ1) is 28.4. The van der Waals surface area contributed by atoms with Gasteiger partial charge in [0.15, 0.2) is 0 Å². The zero-order chi connectivity index (χ0) is 25.3. The maximum atomic E-state index is 13.5. The Hall–Kier alpha value is -1.88. The van der Waals surface area contributed by atoms with Crippen molar-refractivity contribution in [3.63, 3.8) is 0 Å². The van der Waals surface area contributed by atoms with E-state index in [1.807, 2.05) is 25.1 Å². The third-order valence-electron chi connectivity index (χ3n) is 7.82. The van der Waals surface area contributed by atoms with Gasteiger partial charge in [-0.15, -0.1) is 0 Å². The van der Waals surface area contributed by atoms with Crippen LogP contribution in [0.25, 0.3) is 0 Å². The second-order valence-corrected chi connectivity index (χ2v) is 11.5. The molecule has 1 aromatic rings. The number of benzene rings is 1. The quantitative estimate of drug-likeness (QED) is 0.565. The number of carbonyl (C=O) groups is 2. The molecule has 0 radical (unpaired) electrons. The number of nitrogens with one attached hydrogen (secondary N) is 1. The molecule has 0 aromatic heterocycles. The van der Waals surface area contributed by atoms with Gasteiger partial charge >= 0.3 is 5.97 Å². The van der Waals surface area contributed by atoms with Gasteiger partial charge in [0.05, 0.1) is 6.61 Å². The van der Waals surface area contributed by atoms with Crippen LogP contribution < -0.4 is 11.1 Å². The molecule has 5 nitrogen and oxygen atoms in total. The van der Waals surface area contributed by atoms with Crippen molar-refractivity contribution in [1.82, 2.24) is 5.32 Å². The fourth-order valence-corrected chi connectivity index (χ4v) is 5.75. The molecule has 5 heteroatoms. The van der Waals surface area contributed by atoms with Crippen molar-refractivity contribution in [2.24, 2.45) is 40.7 Å². The van der Waals surface area contributed by atoms with Crippen LogP contribution in [0, 0.1) is 35.0 Å². The van der Waals surface area contributed by atoms with E-state index in [1.165, 1.54) is 0 Å². The van der Waals surface area contributed by atoms with Crippen LogP contribution in [0.3, 0.4) is 0 Å². The molecule has 1 fully saturated rings. The van der Waals surface area contributed by atoms with E-state index < -0.39 is 11.5 Å². The first-order valence-corrected chi connectivity index (χ1v) is 13.3. The molecule has 0 bridgehead atoms. The lowest BCUT2D eigenvalue weighted by atomic mass is 9.74. The van der Waals surface area contributed by atoms with Crippen molar-refractivity contribution < 1.29 is 14.3 Å². The molecule has 1 aromatic carbocycles. The second-order valence-electron chi connectivity index (χ2n) is 11.5. The molecular formula is C29H48N2O3. The van der Waals surface area contributed by atoms with E-state index in [9.17, 15) is 9.59 Å². The van der Waals surface area contributed by atoms with E-state index in [1.54, 1.807) is 0 Å². The topological polar surface area (TPSA) is 81.4 Å². The highest BCUT2D eigenvalue weighted by Crippen LogP contribution is 2.33. The number of amides is 1. The van der Waals surface area contributed by atoms with Crippen molar-refractivity contribution in [3.8, 4) is 0 Å². The van der Waals surface area contributed by atoms with Crippen molar-refractivity contribution in [3.05, 3.63) is 35.9 Å². The Labute approximate surface area is 207 Å². The molecule has 2 rings (SSSR count). The molecule has 1 aliphatic heterocycles. The highest BCUT2D eigenvalue weighted by molar-refractivity contribution is 5.86. The predicted octanol–water partition coefficient (Wildman–Crippen LogP) is 5.37. The van der Waals surface area contributed by atoms with Crippen LogP contribution in [0.4, 0.5) is 0 Å². The summed E-state index contributed by atoms with van der Waals surface area (Å²) in [4.78, 5) is 26.8. The van der Waals surface area contributed by atoms with E-state index in [2.05, 4.69) is 52.1 Å². The SMILES string of the molecule is CCC(C)(Cc1ccccc1)C1NC(=O)C(C)CC(C)CC(C)CC(C)CC(CN)COC1=O. The van der Waals surface area contributed by atoms with E-state index in [0.717, 1.165) is 37.7 Å². The number of cyclic esters (lactones) is 1. The van der Waals surface area contributed by atoms with Gasteiger partial charge in [-0.25, -0.2) is 4.79 Å². The Bertz CT molecular complexity index is 768. The number of carbonyl (C=O) groups excluding carboxylic acids is 2. The average Bonchev–Trinajstić information content (AvgIpc) is 2.79. The molecule has 0 aliphatic carbocycles. The fraction of sp³-hybridized carbons (Fsp3) is 0.724. The summed E-state index contributed by atoms with van der Waals surface area (Å²) in [6.45, 7) is 13.7. The zero-order valence-corrected chi connectivity index (χ0v) is 22.3. The molecule has 1 amide bonds. The smallest absolute Gasteiger partial charge is 0.329 e. The van der Waals surface area contributed by atoms with Crippen LogP contribution in [-0.2, 0) is 20.7 Å². The normalized spacial score (nSPS) is 32.0. The standard InChI is InChI=1S/C29H48N2O3/c1-7-29(6,17-24-11-9-8-10-12-24)26-28(33)34-19-25(18-30)16-22(4)14-20(2)13-21(3)15-23(5)27(32)31-26/h8-12,20-23,25-26H,7,13-19,30H2,1-6H3,(H,31,32). The Kier molecular flexibility index (Phi) is 11.1. The van der Waals surface area contributed by atoms with Gasteiger partial charge in [-0.2, -0.15) is 0 Å². The van der Waals surface area contributed by atoms with Crippen molar-refractivity contribution >= 4 is 11.9 Å². The Morgan fingerprint density at radius 1 is 0.971 bits per heavy atom. The molecule has 7 unspecified atom stereocenters. The van der Waals surface area contributed by atoms with Gasteiger partial charge in [-0.3, -0.25) is 4.79 Å². The van der Waals surface area contributed by atoms with Gasteiger partial charge in [-0.05, 0) is 68.4 Å². The summed E-state index contributed by atoms with van der Waals surface area (Å²) in [5.74, 6) is 1.13. The summed E-state index contributed by atoms with van der Waals surface area (Å²) >= 11 is 0. The number of nitrogens with two attached hydrogens (primary N) is 1. The van der Waals surface area contributed by atoms with E-state index >= 15 is 0 Å². The number of rotatable bonds is 5. The largest absolute Gasteiger partial charge is 0.464 e. The number of hydrogen-bond acceptors (Lipinski definition) is 4. The summed E-state index contributed by atoms with van der Waals surface area (Å²) in [6, 6.07) is 9.45. The summed E-state index contributed by atoms with van der Waals surface area (Å²) in [7, 11) is 0. The third-order valence-corrected chi connectivity index (χ3v) is 7.82. The lowest BCUT2D eigenvalue weighted by molar-refractivity contribution is -0.153. The third kappa shape index (κ3) is 8.41. The van der Waals surface area contributed by atoms with E-state index in [0.29, 0.717) is 37.3 Å². The molecule has 1 aliphatic rings. The van der Waals surface area contributed by atoms with Crippen LogP contribution >= 0.6 is 0 Å². The molecule has 34 heavy (non-hydrogen) atoms. The second kappa shape index (κ2) is 13.3. The van der Waals surface area contributed by atoms with Crippen LogP contribution in [0.2, 0.25) is 0 Å². The van der Waals surface area contributed by atoms with Crippen molar-refractivity contribution in [2.75, 3.05) is 13.2 Å². The zero-order valence-electron chi connectivity index (χ0n) is 22.3.